The van der Waals surface area contributed by atoms with E-state index in [0.717, 1.165) is 83.3 Å². The number of Topliss-reactive ketones (excluding diaryl/α,β-unsaturated/α-hetero) is 2. The zero-order chi connectivity index (χ0) is 20.2. The minimum atomic E-state index is 0.182. The number of nitrogens with zero attached hydrogens (tertiary/aromatic N) is 4. The Morgan fingerprint density at radius 2 is 1.23 bits per heavy atom. The highest BCUT2D eigenvalue weighted by Crippen LogP contribution is 2.39. The van der Waals surface area contributed by atoms with E-state index >= 15 is 0 Å². The lowest BCUT2D eigenvalue weighted by molar-refractivity contribution is 0.0986. The number of carbonyl (C=O) groups excluding carboxylic acids is 2. The molecule has 0 amide bonds. The van der Waals surface area contributed by atoms with Crippen LogP contribution in [0.4, 0.5) is 0 Å². The molecule has 30 heavy (non-hydrogen) atoms. The monoisotopic (exact) mass is 402 g/mol. The smallest absolute Gasteiger partial charge is 0.165 e. The molecular weight excluding hydrogens is 376 g/mol. The summed E-state index contributed by atoms with van der Waals surface area (Å²) in [6, 6.07) is 0. The van der Waals surface area contributed by atoms with Crippen LogP contribution in [0.15, 0.2) is 12.4 Å². The summed E-state index contributed by atoms with van der Waals surface area (Å²) in [7, 11) is 0. The number of hydrogen-bond donors (Lipinski definition) is 0. The Hall–Kier alpha value is -2.60. The lowest BCUT2D eigenvalue weighted by Gasteiger charge is -2.20. The number of hydrogen-bond acceptors (Lipinski definition) is 5. The van der Waals surface area contributed by atoms with E-state index in [1.807, 2.05) is 0 Å². The van der Waals surface area contributed by atoms with Crippen molar-refractivity contribution in [2.75, 3.05) is 19.6 Å². The maximum absolute atomic E-state index is 12.4. The Morgan fingerprint density at radius 1 is 0.700 bits per heavy atom. The molecule has 0 saturated carbocycles. The second kappa shape index (κ2) is 6.98. The number of aromatic nitrogens is 3. The molecule has 0 unspecified atom stereocenters. The Kier molecular flexibility index (Phi) is 4.23. The van der Waals surface area contributed by atoms with Crippen molar-refractivity contribution in [1.82, 2.24) is 19.4 Å². The number of rotatable bonds is 3. The molecule has 3 aromatic rings. The van der Waals surface area contributed by atoms with Crippen LogP contribution in [0.1, 0.15) is 70.4 Å². The van der Waals surface area contributed by atoms with Gasteiger partial charge in [-0.05, 0) is 49.9 Å². The molecular formula is C24H26N4O2. The average molecular weight is 402 g/mol. The van der Waals surface area contributed by atoms with Gasteiger partial charge < -0.3 is 9.47 Å². The fourth-order valence-electron chi connectivity index (χ4n) is 5.67. The van der Waals surface area contributed by atoms with Crippen molar-refractivity contribution in [2.45, 2.75) is 57.9 Å². The van der Waals surface area contributed by atoms with Gasteiger partial charge in [0.25, 0.3) is 0 Å². The number of ketones is 2. The third kappa shape index (κ3) is 2.66. The minimum Gasteiger partial charge on any atom is -0.309 e. The van der Waals surface area contributed by atoms with Crippen molar-refractivity contribution in [3.63, 3.8) is 0 Å². The molecule has 6 heteroatoms. The SMILES string of the molecule is O=C1CCc2c1cnc1c2c2c3c(cnc2n1CCN1CCCCCC1)C(=O)CC3. The second-order valence-corrected chi connectivity index (χ2v) is 8.95. The van der Waals surface area contributed by atoms with Crippen molar-refractivity contribution >= 4 is 33.6 Å². The van der Waals surface area contributed by atoms with E-state index < -0.39 is 0 Å². The summed E-state index contributed by atoms with van der Waals surface area (Å²) in [4.78, 5) is 36.8. The van der Waals surface area contributed by atoms with E-state index in [-0.39, 0.29) is 11.6 Å². The van der Waals surface area contributed by atoms with Gasteiger partial charge in [-0.15, -0.1) is 0 Å². The van der Waals surface area contributed by atoms with Crippen molar-refractivity contribution in [3.8, 4) is 0 Å². The fourth-order valence-corrected chi connectivity index (χ4v) is 5.67. The molecule has 3 aromatic heterocycles. The number of likely N-dealkylation sites (tertiary alicyclic amines) is 1. The lowest BCUT2D eigenvalue weighted by Crippen LogP contribution is -2.28. The maximum Gasteiger partial charge on any atom is 0.165 e. The molecule has 1 saturated heterocycles. The van der Waals surface area contributed by atoms with E-state index in [0.29, 0.717) is 12.8 Å². The normalized spacial score (nSPS) is 19.6. The summed E-state index contributed by atoms with van der Waals surface area (Å²) in [5, 5.41) is 2.14. The van der Waals surface area contributed by atoms with Gasteiger partial charge in [0, 0.05) is 60.2 Å². The van der Waals surface area contributed by atoms with Gasteiger partial charge in [0.1, 0.15) is 11.3 Å². The molecule has 0 atom stereocenters. The van der Waals surface area contributed by atoms with E-state index in [1.165, 1.54) is 25.7 Å². The molecule has 2 aliphatic carbocycles. The quantitative estimate of drug-likeness (QED) is 0.668. The molecule has 0 aromatic carbocycles. The van der Waals surface area contributed by atoms with Crippen LogP contribution in [0, 0.1) is 0 Å². The number of fused-ring (bicyclic) bond motifs is 7. The predicted octanol–water partition coefficient (Wildman–Crippen LogP) is 3.72. The molecule has 0 spiro atoms. The van der Waals surface area contributed by atoms with Gasteiger partial charge in [-0.3, -0.25) is 9.59 Å². The Bertz CT molecular complexity index is 1120. The summed E-state index contributed by atoms with van der Waals surface area (Å²) >= 11 is 0. The molecule has 0 bridgehead atoms. The minimum absolute atomic E-state index is 0.182. The third-order valence-electron chi connectivity index (χ3n) is 7.24. The van der Waals surface area contributed by atoms with Crippen molar-refractivity contribution in [2.24, 2.45) is 0 Å². The van der Waals surface area contributed by atoms with Crippen LogP contribution in [0.25, 0.3) is 22.1 Å². The van der Waals surface area contributed by atoms with Crippen LogP contribution in [0.5, 0.6) is 0 Å². The maximum atomic E-state index is 12.4. The van der Waals surface area contributed by atoms with Crippen LogP contribution in [-0.2, 0) is 19.4 Å². The van der Waals surface area contributed by atoms with Crippen molar-refractivity contribution in [3.05, 3.63) is 34.6 Å². The first kappa shape index (κ1) is 18.2. The average Bonchev–Trinajstić information content (AvgIpc) is 3.33. The van der Waals surface area contributed by atoms with Crippen LogP contribution in [0.2, 0.25) is 0 Å². The number of aryl methyl sites for hydroxylation is 2. The first-order valence-electron chi connectivity index (χ1n) is 11.3. The van der Waals surface area contributed by atoms with Gasteiger partial charge in [-0.1, -0.05) is 12.8 Å². The van der Waals surface area contributed by atoms with Crippen LogP contribution in [0.3, 0.4) is 0 Å². The topological polar surface area (TPSA) is 68.1 Å². The molecule has 0 N–H and O–H groups in total. The first-order valence-corrected chi connectivity index (χ1v) is 11.3. The van der Waals surface area contributed by atoms with Gasteiger partial charge in [-0.2, -0.15) is 0 Å². The predicted molar refractivity (Wildman–Crippen MR) is 115 cm³/mol. The zero-order valence-electron chi connectivity index (χ0n) is 17.2. The highest BCUT2D eigenvalue weighted by atomic mass is 16.1. The molecule has 6 nitrogen and oxygen atoms in total. The Balaban J connectivity index is 1.53. The third-order valence-corrected chi connectivity index (χ3v) is 7.24. The zero-order valence-corrected chi connectivity index (χ0v) is 17.2. The second-order valence-electron chi connectivity index (χ2n) is 8.95. The fraction of sp³-hybridized carbons (Fsp3) is 0.500. The number of carbonyl (C=O) groups is 2. The van der Waals surface area contributed by atoms with Crippen LogP contribution in [-0.4, -0.2) is 50.6 Å². The molecule has 6 rings (SSSR count). The molecule has 4 heterocycles. The van der Waals surface area contributed by atoms with E-state index in [4.69, 9.17) is 9.97 Å². The van der Waals surface area contributed by atoms with Gasteiger partial charge in [-0.25, -0.2) is 9.97 Å². The van der Waals surface area contributed by atoms with E-state index in [1.54, 1.807) is 12.4 Å². The highest BCUT2D eigenvalue weighted by Gasteiger charge is 2.30. The summed E-state index contributed by atoms with van der Waals surface area (Å²) < 4.78 is 2.24. The van der Waals surface area contributed by atoms with E-state index in [2.05, 4.69) is 9.47 Å². The lowest BCUT2D eigenvalue weighted by atomic mass is 10.0. The largest absolute Gasteiger partial charge is 0.309 e. The van der Waals surface area contributed by atoms with Crippen LogP contribution >= 0.6 is 0 Å². The van der Waals surface area contributed by atoms with Gasteiger partial charge in [0.15, 0.2) is 11.6 Å². The molecule has 154 valence electrons. The van der Waals surface area contributed by atoms with Gasteiger partial charge in [0.05, 0.1) is 0 Å². The highest BCUT2D eigenvalue weighted by molar-refractivity contribution is 6.16. The number of pyridine rings is 2. The molecule has 1 aliphatic heterocycles. The summed E-state index contributed by atoms with van der Waals surface area (Å²) in [5.41, 5.74) is 5.59. The summed E-state index contributed by atoms with van der Waals surface area (Å²) in [6.07, 6.45) is 11.4. The molecule has 0 radical (unpaired) electrons. The van der Waals surface area contributed by atoms with Gasteiger partial charge >= 0.3 is 0 Å². The van der Waals surface area contributed by atoms with Gasteiger partial charge in [0.2, 0.25) is 0 Å². The summed E-state index contributed by atoms with van der Waals surface area (Å²) in [5.74, 6) is 0.364. The molecule has 1 fully saturated rings. The Labute approximate surface area is 175 Å². The van der Waals surface area contributed by atoms with Crippen LogP contribution < -0.4 is 0 Å². The van der Waals surface area contributed by atoms with Crippen molar-refractivity contribution in [1.29, 1.82) is 0 Å². The molecule has 3 aliphatic rings. The Morgan fingerprint density at radius 3 is 1.77 bits per heavy atom. The summed E-state index contributed by atoms with van der Waals surface area (Å²) in [6.45, 7) is 4.13. The standard InChI is InChI=1S/C24H26N4O2/c29-19-7-5-15-17(19)13-25-23-21(15)22-16-6-8-20(30)18(16)14-26-24(22)28(23)12-11-27-9-3-1-2-4-10-27/h13-14H,1-12H2. The van der Waals surface area contributed by atoms with Crippen molar-refractivity contribution < 1.29 is 9.59 Å². The first-order chi connectivity index (χ1) is 14.7. The van der Waals surface area contributed by atoms with E-state index in [9.17, 15) is 9.59 Å².